The van der Waals surface area contributed by atoms with Crippen LogP contribution in [0, 0.1) is 5.92 Å². The summed E-state index contributed by atoms with van der Waals surface area (Å²) < 4.78 is 32.7. The number of rotatable bonds is 7. The number of hydrogen-bond donors (Lipinski definition) is 2. The van der Waals surface area contributed by atoms with Crippen LogP contribution in [0.2, 0.25) is 4.34 Å². The summed E-state index contributed by atoms with van der Waals surface area (Å²) >= 11 is 6.71. The SMILES string of the molecule is CC(C)[C@H](NS(=O)(=O)c1ccc(Cl)s1)C(=O)NCc1ccco1. The van der Waals surface area contributed by atoms with Gasteiger partial charge in [0.2, 0.25) is 5.91 Å². The number of halogens is 1. The quantitative estimate of drug-likeness (QED) is 0.777. The zero-order chi connectivity index (χ0) is 17.0. The summed E-state index contributed by atoms with van der Waals surface area (Å²) in [6.45, 7) is 3.73. The Labute approximate surface area is 143 Å². The van der Waals surface area contributed by atoms with E-state index in [1.807, 2.05) is 0 Å². The predicted molar refractivity (Wildman–Crippen MR) is 88.8 cm³/mol. The Hall–Kier alpha value is -1.35. The third-order valence-corrected chi connectivity index (χ3v) is 6.23. The van der Waals surface area contributed by atoms with Gasteiger partial charge in [0, 0.05) is 0 Å². The molecule has 2 aromatic heterocycles. The summed E-state index contributed by atoms with van der Waals surface area (Å²) in [7, 11) is -3.80. The van der Waals surface area contributed by atoms with Gasteiger partial charge in [-0.25, -0.2) is 8.42 Å². The highest BCUT2D eigenvalue weighted by Crippen LogP contribution is 2.25. The number of sulfonamides is 1. The van der Waals surface area contributed by atoms with Gasteiger partial charge < -0.3 is 9.73 Å². The topological polar surface area (TPSA) is 88.4 Å². The third kappa shape index (κ3) is 4.81. The van der Waals surface area contributed by atoms with E-state index >= 15 is 0 Å². The van der Waals surface area contributed by atoms with Gasteiger partial charge in [0.05, 0.1) is 17.1 Å². The molecule has 2 heterocycles. The number of hydrogen-bond acceptors (Lipinski definition) is 5. The van der Waals surface area contributed by atoms with E-state index in [4.69, 9.17) is 16.0 Å². The van der Waals surface area contributed by atoms with Crippen molar-refractivity contribution in [2.75, 3.05) is 0 Å². The Morgan fingerprint density at radius 2 is 2.09 bits per heavy atom. The van der Waals surface area contributed by atoms with Crippen LogP contribution >= 0.6 is 22.9 Å². The normalized spacial score (nSPS) is 13.2. The molecule has 0 saturated heterocycles. The van der Waals surface area contributed by atoms with Crippen molar-refractivity contribution in [3.8, 4) is 0 Å². The first kappa shape index (κ1) is 18.0. The van der Waals surface area contributed by atoms with Crippen molar-refractivity contribution in [1.82, 2.24) is 10.0 Å². The van der Waals surface area contributed by atoms with E-state index in [1.165, 1.54) is 18.4 Å². The van der Waals surface area contributed by atoms with Gasteiger partial charge in [-0.1, -0.05) is 25.4 Å². The highest BCUT2D eigenvalue weighted by atomic mass is 35.5. The van der Waals surface area contributed by atoms with Crippen LogP contribution in [0.5, 0.6) is 0 Å². The molecular formula is C14H17ClN2O4S2. The van der Waals surface area contributed by atoms with Crippen LogP contribution in [0.25, 0.3) is 0 Å². The molecule has 0 unspecified atom stereocenters. The highest BCUT2D eigenvalue weighted by molar-refractivity contribution is 7.91. The number of furan rings is 1. The molecule has 1 amide bonds. The second kappa shape index (κ2) is 7.48. The predicted octanol–water partition coefficient (Wildman–Crippen LogP) is 2.61. The number of carbonyl (C=O) groups is 1. The molecule has 2 N–H and O–H groups in total. The summed E-state index contributed by atoms with van der Waals surface area (Å²) in [6, 6.07) is 5.46. The Balaban J connectivity index is 2.07. The molecule has 0 aromatic carbocycles. The zero-order valence-corrected chi connectivity index (χ0v) is 15.0. The molecule has 126 valence electrons. The van der Waals surface area contributed by atoms with Crippen LogP contribution in [0.15, 0.2) is 39.2 Å². The van der Waals surface area contributed by atoms with Crippen molar-refractivity contribution in [2.45, 2.75) is 30.6 Å². The fraction of sp³-hybridized carbons (Fsp3) is 0.357. The summed E-state index contributed by atoms with van der Waals surface area (Å²) in [5, 5.41) is 2.66. The van der Waals surface area contributed by atoms with Crippen LogP contribution < -0.4 is 10.0 Å². The smallest absolute Gasteiger partial charge is 0.250 e. The maximum Gasteiger partial charge on any atom is 0.250 e. The van der Waals surface area contributed by atoms with Crippen LogP contribution in [-0.2, 0) is 21.4 Å². The molecule has 0 radical (unpaired) electrons. The molecule has 0 bridgehead atoms. The second-order valence-corrected chi connectivity index (χ2v) is 8.85. The van der Waals surface area contributed by atoms with Gasteiger partial charge >= 0.3 is 0 Å². The van der Waals surface area contributed by atoms with Gasteiger partial charge in [-0.15, -0.1) is 11.3 Å². The number of amides is 1. The maximum atomic E-state index is 12.3. The molecule has 0 aliphatic rings. The molecule has 23 heavy (non-hydrogen) atoms. The van der Waals surface area contributed by atoms with Gasteiger partial charge in [0.1, 0.15) is 16.0 Å². The average molecular weight is 377 g/mol. The minimum atomic E-state index is -3.80. The summed E-state index contributed by atoms with van der Waals surface area (Å²) in [5.74, 6) is -0.0480. The number of thiophene rings is 1. The van der Waals surface area contributed by atoms with Gasteiger partial charge in [0.25, 0.3) is 10.0 Å². The van der Waals surface area contributed by atoms with Crippen molar-refractivity contribution in [3.63, 3.8) is 0 Å². The monoisotopic (exact) mass is 376 g/mol. The van der Waals surface area contributed by atoms with E-state index in [0.29, 0.717) is 10.1 Å². The molecule has 9 heteroatoms. The fourth-order valence-corrected chi connectivity index (χ4v) is 4.70. The standard InChI is InChI=1S/C14H17ClN2O4S2/c1-9(2)13(14(18)16-8-10-4-3-7-21-10)17-23(19,20)12-6-5-11(15)22-12/h3-7,9,13,17H,8H2,1-2H3,(H,16,18)/t13-/m0/s1. The van der Waals surface area contributed by atoms with Gasteiger partial charge in [-0.05, 0) is 30.2 Å². The molecule has 0 saturated carbocycles. The third-order valence-electron chi connectivity index (χ3n) is 3.06. The average Bonchev–Trinajstić information content (AvgIpc) is 3.13. The lowest BCUT2D eigenvalue weighted by molar-refractivity contribution is -0.123. The fourth-order valence-electron chi connectivity index (χ4n) is 1.86. The number of nitrogens with one attached hydrogen (secondary N) is 2. The van der Waals surface area contributed by atoms with Crippen LogP contribution in [0.4, 0.5) is 0 Å². The van der Waals surface area contributed by atoms with Crippen LogP contribution in [0.3, 0.4) is 0 Å². The van der Waals surface area contributed by atoms with Crippen molar-refractivity contribution < 1.29 is 17.6 Å². The van der Waals surface area contributed by atoms with Gasteiger partial charge in [0.15, 0.2) is 0 Å². The molecule has 1 atom stereocenters. The highest BCUT2D eigenvalue weighted by Gasteiger charge is 2.29. The van der Waals surface area contributed by atoms with Crippen LogP contribution in [0.1, 0.15) is 19.6 Å². The Morgan fingerprint density at radius 1 is 1.35 bits per heavy atom. The van der Waals surface area contributed by atoms with E-state index in [-0.39, 0.29) is 16.7 Å². The molecule has 6 nitrogen and oxygen atoms in total. The Morgan fingerprint density at radius 3 is 2.61 bits per heavy atom. The van der Waals surface area contributed by atoms with Crippen molar-refractivity contribution in [3.05, 3.63) is 40.6 Å². The largest absolute Gasteiger partial charge is 0.467 e. The Bertz CT molecular complexity index is 754. The maximum absolute atomic E-state index is 12.3. The number of carbonyl (C=O) groups excluding carboxylic acids is 1. The first-order valence-corrected chi connectivity index (χ1v) is 9.55. The zero-order valence-electron chi connectivity index (χ0n) is 12.6. The molecular weight excluding hydrogens is 360 g/mol. The minimum Gasteiger partial charge on any atom is -0.467 e. The van der Waals surface area contributed by atoms with Gasteiger partial charge in [-0.2, -0.15) is 4.72 Å². The summed E-state index contributed by atoms with van der Waals surface area (Å²) in [6.07, 6.45) is 1.50. The van der Waals surface area contributed by atoms with E-state index in [2.05, 4.69) is 10.0 Å². The molecule has 0 spiro atoms. The molecule has 2 rings (SSSR count). The summed E-state index contributed by atoms with van der Waals surface area (Å²) in [5.41, 5.74) is 0. The van der Waals surface area contributed by atoms with E-state index in [1.54, 1.807) is 26.0 Å². The molecule has 0 aliphatic heterocycles. The van der Waals surface area contributed by atoms with Crippen molar-refractivity contribution in [1.29, 1.82) is 0 Å². The molecule has 0 fully saturated rings. The van der Waals surface area contributed by atoms with E-state index < -0.39 is 22.0 Å². The minimum absolute atomic E-state index is 0.0759. The lowest BCUT2D eigenvalue weighted by Crippen LogP contribution is -2.49. The lowest BCUT2D eigenvalue weighted by Gasteiger charge is -2.21. The first-order chi connectivity index (χ1) is 10.8. The van der Waals surface area contributed by atoms with E-state index in [9.17, 15) is 13.2 Å². The molecule has 0 aliphatic carbocycles. The van der Waals surface area contributed by atoms with Crippen molar-refractivity contribution in [2.24, 2.45) is 5.92 Å². The van der Waals surface area contributed by atoms with Gasteiger partial charge in [-0.3, -0.25) is 4.79 Å². The van der Waals surface area contributed by atoms with Crippen LogP contribution in [-0.4, -0.2) is 20.4 Å². The van der Waals surface area contributed by atoms with Crippen molar-refractivity contribution >= 4 is 38.9 Å². The van der Waals surface area contributed by atoms with E-state index in [0.717, 1.165) is 11.3 Å². The lowest BCUT2D eigenvalue weighted by atomic mass is 10.1. The second-order valence-electron chi connectivity index (χ2n) is 5.20. The Kier molecular flexibility index (Phi) is 5.85. The first-order valence-electron chi connectivity index (χ1n) is 6.87. The summed E-state index contributed by atoms with van der Waals surface area (Å²) in [4.78, 5) is 12.3. The molecule has 2 aromatic rings.